The lowest BCUT2D eigenvalue weighted by atomic mass is 10.1. The van der Waals surface area contributed by atoms with Crippen molar-refractivity contribution in [3.05, 3.63) is 35.1 Å². The van der Waals surface area contributed by atoms with Crippen LogP contribution in [-0.2, 0) is 9.53 Å². The molecule has 21 heavy (non-hydrogen) atoms. The molecule has 1 aromatic carbocycles. The van der Waals surface area contributed by atoms with Crippen LogP contribution in [0.1, 0.15) is 30.6 Å². The topological polar surface area (TPSA) is 46.6 Å². The zero-order chi connectivity index (χ0) is 16.0. The molecule has 0 radical (unpaired) electrons. The number of benzene rings is 1. The molecule has 1 aromatic rings. The van der Waals surface area contributed by atoms with Crippen molar-refractivity contribution in [1.82, 2.24) is 4.90 Å². The summed E-state index contributed by atoms with van der Waals surface area (Å²) in [6, 6.07) is 1.56. The molecule has 0 bridgehead atoms. The smallest absolute Gasteiger partial charge is 0.307 e. The third-order valence-electron chi connectivity index (χ3n) is 2.83. The maximum Gasteiger partial charge on any atom is 0.307 e. The number of nitrogens with zero attached hydrogens (tertiary/aromatic N) is 1. The van der Waals surface area contributed by atoms with Crippen LogP contribution >= 0.6 is 0 Å². The van der Waals surface area contributed by atoms with Gasteiger partial charge in [0.05, 0.1) is 18.6 Å². The Balaban J connectivity index is 2.84. The normalized spacial score (nSPS) is 10.3. The highest BCUT2D eigenvalue weighted by molar-refractivity contribution is 5.94. The first-order chi connectivity index (χ1) is 9.92. The number of amides is 1. The number of halogens is 3. The van der Waals surface area contributed by atoms with Gasteiger partial charge in [-0.2, -0.15) is 0 Å². The van der Waals surface area contributed by atoms with Crippen LogP contribution in [0.15, 0.2) is 12.1 Å². The minimum atomic E-state index is -1.69. The average Bonchev–Trinajstić information content (AvgIpc) is 2.45. The summed E-state index contributed by atoms with van der Waals surface area (Å²) in [5.41, 5.74) is -0.570. The number of hydrogen-bond acceptors (Lipinski definition) is 3. The maximum absolute atomic E-state index is 13.6. The number of carbonyl (C=O) groups is 2. The molecule has 7 heteroatoms. The summed E-state index contributed by atoms with van der Waals surface area (Å²) in [6.45, 7) is 3.69. The first-order valence-corrected chi connectivity index (χ1v) is 6.50. The van der Waals surface area contributed by atoms with Crippen molar-refractivity contribution in [3.63, 3.8) is 0 Å². The molecule has 0 aliphatic rings. The minimum absolute atomic E-state index is 0.00655. The summed E-state index contributed by atoms with van der Waals surface area (Å²) in [5, 5.41) is 0. The van der Waals surface area contributed by atoms with Crippen LogP contribution in [-0.4, -0.2) is 36.5 Å². The van der Waals surface area contributed by atoms with Gasteiger partial charge in [-0.3, -0.25) is 9.59 Å². The predicted octanol–water partition coefficient (Wildman–Crippen LogP) is 2.52. The van der Waals surface area contributed by atoms with Crippen molar-refractivity contribution in [2.24, 2.45) is 0 Å². The highest BCUT2D eigenvalue weighted by Gasteiger charge is 2.23. The van der Waals surface area contributed by atoms with Crippen LogP contribution in [0.5, 0.6) is 0 Å². The van der Waals surface area contributed by atoms with Gasteiger partial charge in [-0.05, 0) is 26.0 Å². The lowest BCUT2D eigenvalue weighted by Crippen LogP contribution is -2.34. The number of rotatable bonds is 6. The van der Waals surface area contributed by atoms with Crippen molar-refractivity contribution in [2.75, 3.05) is 19.7 Å². The Kier molecular flexibility index (Phi) is 6.20. The quantitative estimate of drug-likeness (QED) is 0.599. The van der Waals surface area contributed by atoms with E-state index in [-0.39, 0.29) is 26.1 Å². The molecule has 116 valence electrons. The van der Waals surface area contributed by atoms with E-state index in [0.29, 0.717) is 6.07 Å². The third-order valence-corrected chi connectivity index (χ3v) is 2.83. The lowest BCUT2D eigenvalue weighted by molar-refractivity contribution is -0.143. The molecule has 0 atom stereocenters. The van der Waals surface area contributed by atoms with Crippen molar-refractivity contribution in [3.8, 4) is 0 Å². The largest absolute Gasteiger partial charge is 0.466 e. The summed E-state index contributed by atoms with van der Waals surface area (Å²) in [4.78, 5) is 24.5. The van der Waals surface area contributed by atoms with Crippen LogP contribution in [0, 0.1) is 17.5 Å². The minimum Gasteiger partial charge on any atom is -0.466 e. The van der Waals surface area contributed by atoms with E-state index >= 15 is 0 Å². The van der Waals surface area contributed by atoms with Gasteiger partial charge in [0, 0.05) is 13.1 Å². The molecule has 0 aromatic heterocycles. The van der Waals surface area contributed by atoms with Gasteiger partial charge in [0.1, 0.15) is 0 Å². The summed E-state index contributed by atoms with van der Waals surface area (Å²) in [7, 11) is 0. The molecule has 0 unspecified atom stereocenters. The van der Waals surface area contributed by atoms with Crippen molar-refractivity contribution in [1.29, 1.82) is 0 Å². The fraction of sp³-hybridized carbons (Fsp3) is 0.429. The van der Waals surface area contributed by atoms with Gasteiger partial charge in [0.2, 0.25) is 0 Å². The van der Waals surface area contributed by atoms with E-state index in [1.54, 1.807) is 13.8 Å². The van der Waals surface area contributed by atoms with E-state index in [1.165, 1.54) is 0 Å². The lowest BCUT2D eigenvalue weighted by Gasteiger charge is -2.20. The summed E-state index contributed by atoms with van der Waals surface area (Å²) < 4.78 is 44.3. The van der Waals surface area contributed by atoms with E-state index in [2.05, 4.69) is 0 Å². The monoisotopic (exact) mass is 303 g/mol. The molecular formula is C14H16F3NO3. The molecule has 1 rings (SSSR count). The Bertz CT molecular complexity index is 534. The molecule has 0 aliphatic carbocycles. The van der Waals surface area contributed by atoms with Crippen LogP contribution in [0.25, 0.3) is 0 Å². The Morgan fingerprint density at radius 1 is 1.14 bits per heavy atom. The van der Waals surface area contributed by atoms with Crippen LogP contribution in [0.2, 0.25) is 0 Å². The van der Waals surface area contributed by atoms with E-state index in [0.717, 1.165) is 11.0 Å². The van der Waals surface area contributed by atoms with Gasteiger partial charge in [-0.15, -0.1) is 0 Å². The predicted molar refractivity (Wildman–Crippen MR) is 69.1 cm³/mol. The second kappa shape index (κ2) is 7.66. The standard InChI is InChI=1S/C14H16F3NO3/c1-3-18(8-7-11(19)21-4-2)14(20)9-5-6-10(15)13(17)12(9)16/h5-6H,3-4,7-8H2,1-2H3. The molecular weight excluding hydrogens is 287 g/mol. The number of esters is 1. The molecule has 4 nitrogen and oxygen atoms in total. The first kappa shape index (κ1) is 17.0. The molecule has 0 saturated heterocycles. The van der Waals surface area contributed by atoms with Crippen LogP contribution < -0.4 is 0 Å². The highest BCUT2D eigenvalue weighted by Crippen LogP contribution is 2.17. The van der Waals surface area contributed by atoms with E-state index in [9.17, 15) is 22.8 Å². The van der Waals surface area contributed by atoms with Gasteiger partial charge >= 0.3 is 5.97 Å². The molecule has 0 spiro atoms. The Hall–Kier alpha value is -2.05. The number of hydrogen-bond donors (Lipinski definition) is 0. The van der Waals surface area contributed by atoms with Gasteiger partial charge in [0.15, 0.2) is 17.5 Å². The Morgan fingerprint density at radius 2 is 1.81 bits per heavy atom. The van der Waals surface area contributed by atoms with Crippen molar-refractivity contribution < 1.29 is 27.5 Å². The van der Waals surface area contributed by atoms with Crippen LogP contribution in [0.3, 0.4) is 0 Å². The highest BCUT2D eigenvalue weighted by atomic mass is 19.2. The van der Waals surface area contributed by atoms with Crippen molar-refractivity contribution in [2.45, 2.75) is 20.3 Å². The van der Waals surface area contributed by atoms with Gasteiger partial charge in [-0.25, -0.2) is 13.2 Å². The second-order valence-corrected chi connectivity index (χ2v) is 4.16. The zero-order valence-corrected chi connectivity index (χ0v) is 11.8. The Labute approximate surface area is 120 Å². The summed E-state index contributed by atoms with van der Waals surface area (Å²) in [6.07, 6.45) is -0.0568. The Morgan fingerprint density at radius 3 is 2.38 bits per heavy atom. The van der Waals surface area contributed by atoms with Gasteiger partial charge in [0.25, 0.3) is 5.91 Å². The second-order valence-electron chi connectivity index (χ2n) is 4.16. The number of ether oxygens (including phenoxy) is 1. The number of carbonyl (C=O) groups excluding carboxylic acids is 2. The summed E-state index contributed by atoms with van der Waals surface area (Å²) >= 11 is 0. The third kappa shape index (κ3) is 4.21. The average molecular weight is 303 g/mol. The van der Waals surface area contributed by atoms with Gasteiger partial charge < -0.3 is 9.64 Å². The van der Waals surface area contributed by atoms with Crippen LogP contribution in [0.4, 0.5) is 13.2 Å². The van der Waals surface area contributed by atoms with E-state index < -0.39 is 34.9 Å². The SMILES string of the molecule is CCOC(=O)CCN(CC)C(=O)c1ccc(F)c(F)c1F. The molecule has 0 aliphatic heterocycles. The van der Waals surface area contributed by atoms with E-state index in [4.69, 9.17) is 4.74 Å². The molecule has 0 heterocycles. The zero-order valence-electron chi connectivity index (χ0n) is 11.8. The first-order valence-electron chi connectivity index (χ1n) is 6.50. The molecule has 1 amide bonds. The fourth-order valence-electron chi connectivity index (χ4n) is 1.72. The van der Waals surface area contributed by atoms with Crippen molar-refractivity contribution >= 4 is 11.9 Å². The van der Waals surface area contributed by atoms with Gasteiger partial charge in [-0.1, -0.05) is 0 Å². The molecule has 0 N–H and O–H groups in total. The fourth-order valence-corrected chi connectivity index (χ4v) is 1.72. The molecule has 0 saturated carbocycles. The maximum atomic E-state index is 13.6. The summed E-state index contributed by atoms with van der Waals surface area (Å²) in [5.74, 6) is -5.89. The van der Waals surface area contributed by atoms with E-state index in [1.807, 2.05) is 0 Å². The molecule has 0 fully saturated rings.